The van der Waals surface area contributed by atoms with Crippen LogP contribution in [0.1, 0.15) is 23.7 Å². The van der Waals surface area contributed by atoms with E-state index in [0.29, 0.717) is 41.6 Å². The van der Waals surface area contributed by atoms with Crippen molar-refractivity contribution in [2.45, 2.75) is 0 Å². The van der Waals surface area contributed by atoms with Crippen molar-refractivity contribution >= 4 is 61.5 Å². The monoisotopic (exact) mass is 1010 g/mol. The van der Waals surface area contributed by atoms with Gasteiger partial charge in [-0.25, -0.2) is 4.39 Å². The minimum atomic E-state index is -0.622. The second-order valence-electron chi connectivity index (χ2n) is 7.32. The number of ether oxygens (including phenoxy) is 1. The van der Waals surface area contributed by atoms with E-state index in [0.717, 1.165) is 6.07 Å². The van der Waals surface area contributed by atoms with Gasteiger partial charge in [-0.15, -0.1) is 0 Å². The van der Waals surface area contributed by atoms with Crippen molar-refractivity contribution < 1.29 is 168 Å². The smallest absolute Gasteiger partial charge is 1.00 e. The van der Waals surface area contributed by atoms with Crippen molar-refractivity contribution in [1.82, 2.24) is 0 Å². The van der Waals surface area contributed by atoms with Gasteiger partial charge >= 0.3 is 138 Å². The first-order valence-electron chi connectivity index (χ1n) is 11.1. The fourth-order valence-corrected chi connectivity index (χ4v) is 3.85. The number of phenols is 1. The summed E-state index contributed by atoms with van der Waals surface area (Å²) in [4.78, 5) is 11.2. The second-order valence-corrected chi connectivity index (χ2v) is 9.90. The van der Waals surface area contributed by atoms with E-state index >= 15 is 0 Å². The van der Waals surface area contributed by atoms with Crippen LogP contribution in [0, 0.1) is 51.1 Å². The van der Waals surface area contributed by atoms with Crippen LogP contribution in [0.5, 0.6) is 17.2 Å². The van der Waals surface area contributed by atoms with E-state index in [1.807, 2.05) is 18.2 Å². The van der Waals surface area contributed by atoms with Gasteiger partial charge in [-0.1, -0.05) is 35.3 Å². The molecule has 0 aliphatic heterocycles. The van der Waals surface area contributed by atoms with Crippen LogP contribution in [0.4, 0.5) is 4.39 Å². The van der Waals surface area contributed by atoms with Crippen LogP contribution < -0.4 is 148 Å². The van der Waals surface area contributed by atoms with Crippen LogP contribution in [-0.2, 0) is 9.68 Å². The summed E-state index contributed by atoms with van der Waals surface area (Å²) in [7, 11) is 0. The van der Waals surface area contributed by atoms with Crippen molar-refractivity contribution in [3.63, 3.8) is 0 Å². The number of halogens is 5. The third-order valence-electron chi connectivity index (χ3n) is 4.48. The number of nitriles is 4. The topological polar surface area (TPSA) is 174 Å². The van der Waals surface area contributed by atoms with E-state index in [4.69, 9.17) is 64.1 Å². The molecule has 45 heavy (non-hydrogen) atoms. The van der Waals surface area contributed by atoms with E-state index in [-0.39, 0.29) is 163 Å². The molecule has 9 nitrogen and oxygen atoms in total. The molecule has 0 radical (unpaired) electrons. The maximum atomic E-state index is 12.8. The number of carbonyl (C=O) groups excluding carboxylic acids is 1. The van der Waals surface area contributed by atoms with E-state index in [2.05, 4.69) is 36.7 Å². The van der Waals surface area contributed by atoms with Crippen LogP contribution in [0.2, 0.25) is 10.0 Å². The SMILES string of the molecule is N#Cc1cc(C#N)c(Br)cc1F.N#Cc1cc(C#N)c(Oc2cccc(Cl)c2)cc1Br.O=CO[O-].Oc1cccc(Cl)c1.[Cs+].[Cs+].[H-]. The van der Waals surface area contributed by atoms with Gasteiger partial charge in [0.25, 0.3) is 6.47 Å². The molecule has 218 valence electrons. The van der Waals surface area contributed by atoms with Crippen LogP contribution in [0.25, 0.3) is 0 Å². The van der Waals surface area contributed by atoms with Gasteiger partial charge < -0.3 is 21.4 Å². The molecular weight excluding hydrogens is 1000 g/mol. The quantitative estimate of drug-likeness (QED) is 0.182. The number of carbonyl (C=O) groups is 1. The predicted octanol–water partition coefficient (Wildman–Crippen LogP) is 1.57. The molecule has 0 saturated carbocycles. The Morgan fingerprint density at radius 3 is 1.67 bits per heavy atom. The van der Waals surface area contributed by atoms with Gasteiger partial charge in [0.2, 0.25) is 0 Å². The number of aromatic hydroxyl groups is 1. The number of benzene rings is 4. The summed E-state index contributed by atoms with van der Waals surface area (Å²) in [6, 6.07) is 26.2. The first-order chi connectivity index (χ1) is 20.5. The maximum Gasteiger partial charge on any atom is 1.00 e. The van der Waals surface area contributed by atoms with Gasteiger partial charge in [-0.3, -0.25) is 4.79 Å². The summed E-state index contributed by atoms with van der Waals surface area (Å²) in [5.74, 6) is 0.483. The zero-order valence-corrected chi connectivity index (χ0v) is 40.5. The molecule has 1 N–H and O–H groups in total. The van der Waals surface area contributed by atoms with Crippen LogP contribution in [0.3, 0.4) is 0 Å². The summed E-state index contributed by atoms with van der Waals surface area (Å²) in [5.41, 5.74) is 0.817. The Balaban J connectivity index is -0.000000592. The second kappa shape index (κ2) is 26.4. The Morgan fingerprint density at radius 1 is 0.778 bits per heavy atom. The first kappa shape index (κ1) is 46.6. The molecule has 4 aromatic rings. The summed E-state index contributed by atoms with van der Waals surface area (Å²) in [6.45, 7) is -0.181. The minimum Gasteiger partial charge on any atom is -1.00 e. The average molecular weight is 1010 g/mol. The zero-order chi connectivity index (χ0) is 32.4. The third kappa shape index (κ3) is 18.0. The number of hydrogen-bond acceptors (Lipinski definition) is 9. The fourth-order valence-electron chi connectivity index (χ4n) is 2.67. The fraction of sp³-hybridized carbons (Fsp3) is 0. The molecule has 0 heterocycles. The van der Waals surface area contributed by atoms with Gasteiger partial charge in [0.05, 0.1) is 22.3 Å². The molecule has 16 heteroatoms. The van der Waals surface area contributed by atoms with Crippen molar-refractivity contribution in [3.8, 4) is 41.5 Å². The summed E-state index contributed by atoms with van der Waals surface area (Å²) >= 11 is 17.6. The molecule has 0 atom stereocenters. The molecule has 0 bridgehead atoms. The van der Waals surface area contributed by atoms with E-state index in [1.165, 1.54) is 18.2 Å². The molecule has 0 aliphatic rings. The molecule has 0 amide bonds. The van der Waals surface area contributed by atoms with Crippen molar-refractivity contribution in [3.05, 3.63) is 120 Å². The molecule has 0 unspecified atom stereocenters. The molecular formula is C29H15Br2Cl2Cs2FN4O5. The third-order valence-corrected chi connectivity index (χ3v) is 6.26. The van der Waals surface area contributed by atoms with Gasteiger partial charge in [0, 0.05) is 19.0 Å². The van der Waals surface area contributed by atoms with Crippen molar-refractivity contribution in [1.29, 1.82) is 21.0 Å². The Labute approximate surface area is 404 Å². The standard InChI is InChI=1S/C14H6BrClN2O.C8H2BrFN2.C6H5ClO.CH2O3.2Cs.H/c15-13-6-14(10(8-18)4-9(13)7-17)19-12-3-1-2-11(16)5-12;9-7-2-8(10)6(4-12)1-5(7)3-11;7-5-2-1-3-6(8)4-5;2-1-4-3;;;/h1-6H;1-2H;1-4,8H;1,3H;;;/q;;;;2*+1;-1/p-1. The normalized spacial score (nSPS) is 8.40. The van der Waals surface area contributed by atoms with Gasteiger partial charge in [0.1, 0.15) is 47.3 Å². The molecule has 0 aliphatic carbocycles. The molecule has 0 spiro atoms. The largest absolute Gasteiger partial charge is 1.00 e. The van der Waals surface area contributed by atoms with Crippen LogP contribution in [0.15, 0.2) is 81.7 Å². The first-order valence-corrected chi connectivity index (χ1v) is 13.4. The van der Waals surface area contributed by atoms with Crippen LogP contribution in [-0.4, -0.2) is 11.6 Å². The van der Waals surface area contributed by atoms with Gasteiger partial charge in [-0.05, 0) is 92.5 Å². The van der Waals surface area contributed by atoms with Crippen LogP contribution >= 0.6 is 55.1 Å². The number of phenolic OH excluding ortho intramolecular Hbond substituents is 1. The molecule has 0 aromatic heterocycles. The summed E-state index contributed by atoms with van der Waals surface area (Å²) < 4.78 is 19.4. The van der Waals surface area contributed by atoms with Gasteiger partial charge in [-0.2, -0.15) is 21.0 Å². The van der Waals surface area contributed by atoms with Crippen molar-refractivity contribution in [2.24, 2.45) is 0 Å². The van der Waals surface area contributed by atoms with E-state index < -0.39 is 5.82 Å². The number of nitrogens with zero attached hydrogens (tertiary/aromatic N) is 4. The van der Waals surface area contributed by atoms with E-state index in [9.17, 15) is 4.39 Å². The molecule has 4 aromatic carbocycles. The minimum absolute atomic E-state index is 0. The Hall–Kier alpha value is -0.556. The Bertz CT molecular complexity index is 1720. The summed E-state index contributed by atoms with van der Waals surface area (Å²) in [5, 5.41) is 53.2. The average Bonchev–Trinajstić information content (AvgIpc) is 2.98. The van der Waals surface area contributed by atoms with Gasteiger partial charge in [0.15, 0.2) is 0 Å². The van der Waals surface area contributed by atoms with E-state index in [1.54, 1.807) is 54.6 Å². The summed E-state index contributed by atoms with van der Waals surface area (Å²) in [6.07, 6.45) is 0. The maximum absolute atomic E-state index is 12.8. The number of hydrogen-bond donors (Lipinski definition) is 1. The molecule has 0 fully saturated rings. The molecule has 0 saturated heterocycles. The predicted molar refractivity (Wildman–Crippen MR) is 160 cm³/mol. The number of rotatable bonds is 3. The van der Waals surface area contributed by atoms with Crippen molar-refractivity contribution in [2.75, 3.05) is 0 Å². The Kier molecular flexibility index (Phi) is 27.3. The Morgan fingerprint density at radius 2 is 1.24 bits per heavy atom. The molecule has 4 rings (SSSR count). The zero-order valence-electron chi connectivity index (χ0n) is 24.3.